The van der Waals surface area contributed by atoms with Gasteiger partial charge in [-0.1, -0.05) is 30.1 Å². The minimum atomic E-state index is -0.821. The zero-order valence-electron chi connectivity index (χ0n) is 13.4. The van der Waals surface area contributed by atoms with Gasteiger partial charge in [0.25, 0.3) is 5.91 Å². The number of carbonyl (C=O) groups excluding carboxylic acids is 1. The normalized spacial score (nSPS) is 16.7. The van der Waals surface area contributed by atoms with Crippen LogP contribution in [0.25, 0.3) is 0 Å². The summed E-state index contributed by atoms with van der Waals surface area (Å²) < 4.78 is 5.45. The third-order valence-electron chi connectivity index (χ3n) is 4.02. The first-order valence-corrected chi connectivity index (χ1v) is 8.50. The van der Waals surface area contributed by atoms with Gasteiger partial charge in [0.1, 0.15) is 11.8 Å². The highest BCUT2D eigenvalue weighted by Gasteiger charge is 2.29. The fraction of sp³-hybridized carbons (Fsp3) is 0.500. The summed E-state index contributed by atoms with van der Waals surface area (Å²) in [6, 6.07) is 4.32. The van der Waals surface area contributed by atoms with Crippen LogP contribution in [0.2, 0.25) is 10.0 Å². The molecular formula is C16H20Cl2N2O4. The minimum Gasteiger partial charge on any atom is -0.482 e. The summed E-state index contributed by atoms with van der Waals surface area (Å²) in [6.45, 7) is 3.79. The number of amides is 1. The van der Waals surface area contributed by atoms with Crippen LogP contribution in [0.15, 0.2) is 18.2 Å². The summed E-state index contributed by atoms with van der Waals surface area (Å²) in [5.74, 6) is -0.563. The molecule has 0 saturated carbocycles. The molecule has 1 heterocycles. The van der Waals surface area contributed by atoms with E-state index in [9.17, 15) is 14.7 Å². The molecule has 1 aliphatic rings. The van der Waals surface area contributed by atoms with Crippen molar-refractivity contribution in [3.63, 3.8) is 0 Å². The first-order valence-electron chi connectivity index (χ1n) is 7.74. The zero-order chi connectivity index (χ0) is 17.7. The average Bonchev–Trinajstić information content (AvgIpc) is 2.54. The summed E-state index contributed by atoms with van der Waals surface area (Å²) in [4.78, 5) is 27.0. The van der Waals surface area contributed by atoms with Crippen LogP contribution in [-0.4, -0.2) is 65.6 Å². The number of carbonyl (C=O) groups is 2. The van der Waals surface area contributed by atoms with Gasteiger partial charge in [-0.3, -0.25) is 14.5 Å². The van der Waals surface area contributed by atoms with E-state index in [1.54, 1.807) is 23.1 Å². The summed E-state index contributed by atoms with van der Waals surface area (Å²) >= 11 is 11.8. The highest BCUT2D eigenvalue weighted by molar-refractivity contribution is 6.35. The van der Waals surface area contributed by atoms with E-state index in [-0.39, 0.29) is 12.5 Å². The van der Waals surface area contributed by atoms with Crippen molar-refractivity contribution in [1.82, 2.24) is 9.80 Å². The smallest absolute Gasteiger partial charge is 0.320 e. The number of nitrogens with zero attached hydrogens (tertiary/aromatic N) is 2. The predicted molar refractivity (Wildman–Crippen MR) is 91.8 cm³/mol. The molecule has 8 heteroatoms. The lowest BCUT2D eigenvalue weighted by molar-refractivity contribution is -0.145. The highest BCUT2D eigenvalue weighted by Crippen LogP contribution is 2.27. The van der Waals surface area contributed by atoms with E-state index < -0.39 is 12.0 Å². The third-order valence-corrected chi connectivity index (χ3v) is 4.56. The highest BCUT2D eigenvalue weighted by atomic mass is 35.5. The van der Waals surface area contributed by atoms with Gasteiger partial charge in [0.15, 0.2) is 6.61 Å². The van der Waals surface area contributed by atoms with Gasteiger partial charge in [-0.15, -0.1) is 0 Å². The Morgan fingerprint density at radius 1 is 1.25 bits per heavy atom. The van der Waals surface area contributed by atoms with Gasteiger partial charge >= 0.3 is 5.97 Å². The van der Waals surface area contributed by atoms with Crippen LogP contribution in [0.1, 0.15) is 13.3 Å². The Bertz CT molecular complexity index is 604. The maximum atomic E-state index is 12.2. The third kappa shape index (κ3) is 4.75. The quantitative estimate of drug-likeness (QED) is 0.827. The number of hydrogen-bond acceptors (Lipinski definition) is 4. The molecule has 0 radical (unpaired) electrons. The Balaban J connectivity index is 1.83. The molecule has 1 aromatic rings. The SMILES string of the molecule is CCC(C(=O)O)N1CCN(C(=O)COc2ccc(Cl)cc2Cl)CC1. The van der Waals surface area contributed by atoms with E-state index in [2.05, 4.69) is 0 Å². The van der Waals surface area contributed by atoms with Crippen LogP contribution in [0.4, 0.5) is 0 Å². The van der Waals surface area contributed by atoms with Gasteiger partial charge in [0.2, 0.25) is 0 Å². The van der Waals surface area contributed by atoms with Crippen LogP contribution in [-0.2, 0) is 9.59 Å². The number of piperazine rings is 1. The Morgan fingerprint density at radius 2 is 1.92 bits per heavy atom. The molecular weight excluding hydrogens is 355 g/mol. The Kier molecular flexibility index (Phi) is 6.71. The lowest BCUT2D eigenvalue weighted by Gasteiger charge is -2.37. The fourth-order valence-electron chi connectivity index (χ4n) is 2.70. The Morgan fingerprint density at radius 3 is 2.46 bits per heavy atom. The molecule has 1 N–H and O–H groups in total. The second-order valence-corrected chi connectivity index (χ2v) is 6.39. The largest absolute Gasteiger partial charge is 0.482 e. The lowest BCUT2D eigenvalue weighted by atomic mass is 10.1. The van der Waals surface area contributed by atoms with E-state index in [1.807, 2.05) is 11.8 Å². The maximum Gasteiger partial charge on any atom is 0.320 e. The molecule has 0 aromatic heterocycles. The number of halogens is 2. The molecule has 24 heavy (non-hydrogen) atoms. The molecule has 1 atom stereocenters. The fourth-order valence-corrected chi connectivity index (χ4v) is 3.16. The summed E-state index contributed by atoms with van der Waals surface area (Å²) in [5, 5.41) is 10.0. The summed E-state index contributed by atoms with van der Waals surface area (Å²) in [7, 11) is 0. The van der Waals surface area contributed by atoms with Gasteiger partial charge in [0, 0.05) is 31.2 Å². The topological polar surface area (TPSA) is 70.1 Å². The molecule has 1 saturated heterocycles. The number of hydrogen-bond donors (Lipinski definition) is 1. The Hall–Kier alpha value is -1.50. The van der Waals surface area contributed by atoms with Gasteiger partial charge in [-0.2, -0.15) is 0 Å². The van der Waals surface area contributed by atoms with Crippen LogP contribution in [0.5, 0.6) is 5.75 Å². The summed E-state index contributed by atoms with van der Waals surface area (Å²) in [6.07, 6.45) is 0.543. The van der Waals surface area contributed by atoms with Gasteiger partial charge in [-0.25, -0.2) is 0 Å². The molecule has 1 unspecified atom stereocenters. The van der Waals surface area contributed by atoms with Crippen molar-refractivity contribution in [1.29, 1.82) is 0 Å². The first kappa shape index (κ1) is 18.8. The summed E-state index contributed by atoms with van der Waals surface area (Å²) in [5.41, 5.74) is 0. The number of carboxylic acid groups (broad SMARTS) is 1. The van der Waals surface area contributed by atoms with Crippen molar-refractivity contribution in [2.45, 2.75) is 19.4 Å². The predicted octanol–water partition coefficient (Wildman–Crippen LogP) is 2.38. The molecule has 2 rings (SSSR count). The molecule has 132 valence electrons. The van der Waals surface area contributed by atoms with Crippen LogP contribution in [0.3, 0.4) is 0 Å². The molecule has 1 amide bonds. The van der Waals surface area contributed by atoms with Crippen molar-refractivity contribution in [2.75, 3.05) is 32.8 Å². The number of aliphatic carboxylic acids is 1. The van der Waals surface area contributed by atoms with E-state index in [1.165, 1.54) is 0 Å². The zero-order valence-corrected chi connectivity index (χ0v) is 14.9. The monoisotopic (exact) mass is 374 g/mol. The molecule has 0 spiro atoms. The Labute approximate surface area is 150 Å². The van der Waals surface area contributed by atoms with Crippen LogP contribution >= 0.6 is 23.2 Å². The number of rotatable bonds is 6. The van der Waals surface area contributed by atoms with E-state index in [0.717, 1.165) is 0 Å². The van der Waals surface area contributed by atoms with Crippen molar-refractivity contribution in [2.24, 2.45) is 0 Å². The second-order valence-electron chi connectivity index (χ2n) is 5.54. The van der Waals surface area contributed by atoms with E-state index in [0.29, 0.717) is 48.4 Å². The molecule has 6 nitrogen and oxygen atoms in total. The molecule has 1 fully saturated rings. The second kappa shape index (κ2) is 8.55. The van der Waals surface area contributed by atoms with Gasteiger partial charge in [0.05, 0.1) is 5.02 Å². The molecule has 1 aromatic carbocycles. The lowest BCUT2D eigenvalue weighted by Crippen LogP contribution is -2.54. The van der Waals surface area contributed by atoms with Gasteiger partial charge in [-0.05, 0) is 24.6 Å². The molecule has 0 bridgehead atoms. The molecule has 1 aliphatic heterocycles. The van der Waals surface area contributed by atoms with Crippen LogP contribution in [0, 0.1) is 0 Å². The van der Waals surface area contributed by atoms with Crippen molar-refractivity contribution in [3.8, 4) is 5.75 Å². The van der Waals surface area contributed by atoms with E-state index >= 15 is 0 Å². The van der Waals surface area contributed by atoms with Crippen molar-refractivity contribution >= 4 is 35.1 Å². The first-order chi connectivity index (χ1) is 11.4. The van der Waals surface area contributed by atoms with E-state index in [4.69, 9.17) is 27.9 Å². The minimum absolute atomic E-state index is 0.114. The van der Waals surface area contributed by atoms with Crippen molar-refractivity contribution in [3.05, 3.63) is 28.2 Å². The molecule has 0 aliphatic carbocycles. The average molecular weight is 375 g/mol. The maximum absolute atomic E-state index is 12.2. The standard InChI is InChI=1S/C16H20Cl2N2O4/c1-2-13(16(22)23)19-5-7-20(8-6-19)15(21)10-24-14-4-3-11(17)9-12(14)18/h3-4,9,13H,2,5-8,10H2,1H3,(H,22,23). The van der Waals surface area contributed by atoms with Crippen molar-refractivity contribution < 1.29 is 19.4 Å². The number of ether oxygens (including phenoxy) is 1. The van der Waals surface area contributed by atoms with Crippen LogP contribution < -0.4 is 4.74 Å². The number of benzene rings is 1. The van der Waals surface area contributed by atoms with Gasteiger partial charge < -0.3 is 14.7 Å². The number of carboxylic acids is 1.